The van der Waals surface area contributed by atoms with Gasteiger partial charge in [-0.3, -0.25) is 4.79 Å². The molecule has 0 saturated carbocycles. The van der Waals surface area contributed by atoms with Crippen molar-refractivity contribution in [3.05, 3.63) is 23.0 Å². The number of amides is 1. The minimum absolute atomic E-state index is 0.188. The average Bonchev–Trinajstić information content (AvgIpc) is 2.53. The molecule has 0 bridgehead atoms. The number of carboxylic acid groups (broad SMARTS) is 1. The van der Waals surface area contributed by atoms with E-state index in [0.29, 0.717) is 10.7 Å². The van der Waals surface area contributed by atoms with Crippen LogP contribution in [0, 0.1) is 5.92 Å². The third-order valence-electron chi connectivity index (χ3n) is 2.42. The number of rotatable bonds is 4. The fraction of sp³-hybridized carbons (Fsp3) is 0.455. The summed E-state index contributed by atoms with van der Waals surface area (Å²) in [5.41, 5.74) is 0.335. The number of carboxylic acids is 1. The van der Waals surface area contributed by atoms with Crippen LogP contribution in [0.4, 0.5) is 0 Å². The Hall–Kier alpha value is -1.49. The van der Waals surface area contributed by atoms with Crippen LogP contribution in [-0.2, 0) is 11.8 Å². The Morgan fingerprint density at radius 3 is 2.41 bits per heavy atom. The highest BCUT2D eigenvalue weighted by molar-refractivity contribution is 6.31. The van der Waals surface area contributed by atoms with E-state index in [0.717, 1.165) is 0 Å². The van der Waals surface area contributed by atoms with Crippen LogP contribution < -0.4 is 5.32 Å². The van der Waals surface area contributed by atoms with Crippen molar-refractivity contribution in [2.45, 2.75) is 19.9 Å². The molecule has 1 aromatic heterocycles. The predicted octanol–water partition coefficient (Wildman–Crippen LogP) is 1.52. The van der Waals surface area contributed by atoms with Crippen LogP contribution in [-0.4, -0.2) is 27.6 Å². The normalized spacial score (nSPS) is 12.5. The summed E-state index contributed by atoms with van der Waals surface area (Å²) in [7, 11) is 1.67. The Morgan fingerprint density at radius 1 is 1.47 bits per heavy atom. The first-order valence-electron chi connectivity index (χ1n) is 5.18. The Bertz CT molecular complexity index is 440. The summed E-state index contributed by atoms with van der Waals surface area (Å²) in [5.74, 6) is -1.68. The smallest absolute Gasteiger partial charge is 0.326 e. The van der Waals surface area contributed by atoms with Crippen molar-refractivity contribution in [2.24, 2.45) is 13.0 Å². The van der Waals surface area contributed by atoms with Gasteiger partial charge in [-0.1, -0.05) is 25.4 Å². The molecule has 2 N–H and O–H groups in total. The summed E-state index contributed by atoms with van der Waals surface area (Å²) < 4.78 is 1.55. The van der Waals surface area contributed by atoms with Gasteiger partial charge in [-0.15, -0.1) is 0 Å². The summed E-state index contributed by atoms with van der Waals surface area (Å²) in [5, 5.41) is 11.9. The lowest BCUT2D eigenvalue weighted by Crippen LogP contribution is -2.44. The molecule has 0 aliphatic carbocycles. The van der Waals surface area contributed by atoms with E-state index in [4.69, 9.17) is 16.7 Å². The first kappa shape index (κ1) is 13.6. The van der Waals surface area contributed by atoms with Crippen LogP contribution in [0.15, 0.2) is 12.3 Å². The molecule has 94 valence electrons. The van der Waals surface area contributed by atoms with Crippen molar-refractivity contribution >= 4 is 23.5 Å². The molecule has 0 aliphatic heterocycles. The van der Waals surface area contributed by atoms with Gasteiger partial charge in [0.2, 0.25) is 0 Å². The van der Waals surface area contributed by atoms with Gasteiger partial charge in [-0.2, -0.15) is 0 Å². The number of nitrogens with zero attached hydrogens (tertiary/aromatic N) is 1. The van der Waals surface area contributed by atoms with E-state index < -0.39 is 17.9 Å². The van der Waals surface area contributed by atoms with Gasteiger partial charge in [0.05, 0.1) is 5.02 Å². The standard InChI is InChI=1S/C11H15ClN2O3/c1-6(2)9(11(16)17)13-10(15)8-4-7(12)5-14(8)3/h4-6,9H,1-3H3,(H,13,15)(H,16,17). The molecule has 0 spiro atoms. The van der Waals surface area contributed by atoms with E-state index in [-0.39, 0.29) is 5.92 Å². The summed E-state index contributed by atoms with van der Waals surface area (Å²) in [4.78, 5) is 22.8. The summed E-state index contributed by atoms with van der Waals surface area (Å²) in [6, 6.07) is 0.590. The molecule has 1 heterocycles. The number of aryl methyl sites for hydroxylation is 1. The summed E-state index contributed by atoms with van der Waals surface area (Å²) in [6.07, 6.45) is 1.58. The first-order chi connectivity index (χ1) is 7.82. The maximum atomic E-state index is 11.8. The number of halogens is 1. The van der Waals surface area contributed by atoms with Crippen LogP contribution in [0.5, 0.6) is 0 Å². The van der Waals surface area contributed by atoms with Crippen molar-refractivity contribution < 1.29 is 14.7 Å². The lowest BCUT2D eigenvalue weighted by molar-refractivity contribution is -0.140. The van der Waals surface area contributed by atoms with Gasteiger partial charge in [0.25, 0.3) is 5.91 Å². The molecule has 1 amide bonds. The second-order valence-electron chi connectivity index (χ2n) is 4.19. The zero-order valence-electron chi connectivity index (χ0n) is 9.90. The number of hydrogen-bond donors (Lipinski definition) is 2. The molecular weight excluding hydrogens is 244 g/mol. The molecule has 1 atom stereocenters. The van der Waals surface area contributed by atoms with Crippen LogP contribution in [0.1, 0.15) is 24.3 Å². The molecule has 1 rings (SSSR count). The number of carbonyl (C=O) groups is 2. The van der Waals surface area contributed by atoms with E-state index in [9.17, 15) is 9.59 Å². The van der Waals surface area contributed by atoms with Gasteiger partial charge in [0.1, 0.15) is 11.7 Å². The van der Waals surface area contributed by atoms with Gasteiger partial charge in [0.15, 0.2) is 0 Å². The lowest BCUT2D eigenvalue weighted by Gasteiger charge is -2.17. The van der Waals surface area contributed by atoms with E-state index in [1.807, 2.05) is 0 Å². The van der Waals surface area contributed by atoms with Crippen molar-refractivity contribution in [2.75, 3.05) is 0 Å². The third kappa shape index (κ3) is 3.23. The Balaban J connectivity index is 2.85. The zero-order valence-corrected chi connectivity index (χ0v) is 10.7. The van der Waals surface area contributed by atoms with E-state index in [1.165, 1.54) is 6.07 Å². The second kappa shape index (κ2) is 5.23. The number of aliphatic carboxylic acids is 1. The van der Waals surface area contributed by atoms with Crippen LogP contribution in [0.2, 0.25) is 5.02 Å². The van der Waals surface area contributed by atoms with Crippen molar-refractivity contribution in [3.63, 3.8) is 0 Å². The highest BCUT2D eigenvalue weighted by Crippen LogP contribution is 2.13. The van der Waals surface area contributed by atoms with E-state index in [1.54, 1.807) is 31.7 Å². The maximum Gasteiger partial charge on any atom is 0.326 e. The molecule has 0 aromatic carbocycles. The minimum atomic E-state index is -1.05. The zero-order chi connectivity index (χ0) is 13.2. The molecule has 1 unspecified atom stereocenters. The Morgan fingerprint density at radius 2 is 2.06 bits per heavy atom. The number of hydrogen-bond acceptors (Lipinski definition) is 2. The number of aromatic nitrogens is 1. The summed E-state index contributed by atoms with van der Waals surface area (Å²) in [6.45, 7) is 3.47. The highest BCUT2D eigenvalue weighted by Gasteiger charge is 2.24. The molecule has 0 radical (unpaired) electrons. The van der Waals surface area contributed by atoms with Gasteiger partial charge in [-0.25, -0.2) is 4.79 Å². The van der Waals surface area contributed by atoms with Crippen LogP contribution in [0.3, 0.4) is 0 Å². The molecule has 17 heavy (non-hydrogen) atoms. The molecular formula is C11H15ClN2O3. The fourth-order valence-corrected chi connectivity index (χ4v) is 1.73. The number of nitrogens with one attached hydrogen (secondary N) is 1. The second-order valence-corrected chi connectivity index (χ2v) is 4.62. The van der Waals surface area contributed by atoms with Crippen molar-refractivity contribution in [3.8, 4) is 0 Å². The Kier molecular flexibility index (Phi) is 4.17. The van der Waals surface area contributed by atoms with Crippen LogP contribution in [0.25, 0.3) is 0 Å². The van der Waals surface area contributed by atoms with Crippen molar-refractivity contribution in [1.82, 2.24) is 9.88 Å². The molecule has 0 aliphatic rings. The monoisotopic (exact) mass is 258 g/mol. The molecule has 0 saturated heterocycles. The van der Waals surface area contributed by atoms with Crippen LogP contribution >= 0.6 is 11.6 Å². The fourth-order valence-electron chi connectivity index (χ4n) is 1.48. The molecule has 6 heteroatoms. The largest absolute Gasteiger partial charge is 0.480 e. The SMILES string of the molecule is CC(C)C(NC(=O)c1cc(Cl)cn1C)C(=O)O. The summed E-state index contributed by atoms with van der Waals surface area (Å²) >= 11 is 5.75. The topological polar surface area (TPSA) is 71.3 Å². The molecule has 1 aromatic rings. The minimum Gasteiger partial charge on any atom is -0.480 e. The van der Waals surface area contributed by atoms with E-state index in [2.05, 4.69) is 5.32 Å². The molecule has 0 fully saturated rings. The average molecular weight is 259 g/mol. The van der Waals surface area contributed by atoms with Gasteiger partial charge in [-0.05, 0) is 12.0 Å². The van der Waals surface area contributed by atoms with Gasteiger partial charge in [0, 0.05) is 13.2 Å². The third-order valence-corrected chi connectivity index (χ3v) is 2.63. The van der Waals surface area contributed by atoms with Gasteiger partial charge >= 0.3 is 5.97 Å². The lowest BCUT2D eigenvalue weighted by atomic mass is 10.0. The molecule has 5 nitrogen and oxygen atoms in total. The Labute approximate surface area is 104 Å². The predicted molar refractivity (Wildman–Crippen MR) is 64.2 cm³/mol. The van der Waals surface area contributed by atoms with Crippen molar-refractivity contribution in [1.29, 1.82) is 0 Å². The number of carbonyl (C=O) groups excluding carboxylic acids is 1. The quantitative estimate of drug-likeness (QED) is 0.860. The first-order valence-corrected chi connectivity index (χ1v) is 5.56. The maximum absolute atomic E-state index is 11.8. The van der Waals surface area contributed by atoms with E-state index >= 15 is 0 Å². The van der Waals surface area contributed by atoms with Gasteiger partial charge < -0.3 is 15.0 Å². The highest BCUT2D eigenvalue weighted by atomic mass is 35.5.